The van der Waals surface area contributed by atoms with Crippen LogP contribution >= 0.6 is 23.4 Å². The monoisotopic (exact) mass is 398 g/mol. The van der Waals surface area contributed by atoms with E-state index in [0.717, 1.165) is 23.3 Å². The van der Waals surface area contributed by atoms with E-state index in [2.05, 4.69) is 15.3 Å². The summed E-state index contributed by atoms with van der Waals surface area (Å²) in [5.41, 5.74) is 2.75. The highest BCUT2D eigenvalue weighted by Crippen LogP contribution is 2.25. The molecular weight excluding hydrogens is 384 g/mol. The maximum atomic E-state index is 12.4. The molecule has 136 valence electrons. The Balaban J connectivity index is 1.36. The van der Waals surface area contributed by atoms with Crippen LogP contribution in [-0.4, -0.2) is 39.1 Å². The Morgan fingerprint density at radius 2 is 1.85 bits per heavy atom. The van der Waals surface area contributed by atoms with Gasteiger partial charge in [-0.15, -0.1) is 10.2 Å². The Bertz CT molecular complexity index is 973. The predicted molar refractivity (Wildman–Crippen MR) is 105 cm³/mol. The highest BCUT2D eigenvalue weighted by Gasteiger charge is 2.22. The number of aromatic nitrogens is 2. The van der Waals surface area contributed by atoms with Crippen LogP contribution in [0.25, 0.3) is 11.5 Å². The highest BCUT2D eigenvalue weighted by molar-refractivity contribution is 7.99. The number of hydrazone groups is 1. The van der Waals surface area contributed by atoms with Gasteiger partial charge in [-0.05, 0) is 29.8 Å². The van der Waals surface area contributed by atoms with Gasteiger partial charge in [-0.2, -0.15) is 5.10 Å². The summed E-state index contributed by atoms with van der Waals surface area (Å²) in [5, 5.41) is 14.9. The Morgan fingerprint density at radius 3 is 2.63 bits per heavy atom. The number of carbonyl (C=O) groups excluding carboxylic acids is 1. The van der Waals surface area contributed by atoms with Crippen LogP contribution in [0.3, 0.4) is 0 Å². The number of carbonyl (C=O) groups is 1. The summed E-state index contributed by atoms with van der Waals surface area (Å²) >= 11 is 7.08. The molecule has 0 aliphatic carbocycles. The van der Waals surface area contributed by atoms with E-state index in [1.54, 1.807) is 24.3 Å². The number of amides is 1. The molecule has 0 bridgehead atoms. The Hall–Kier alpha value is -2.64. The quantitative estimate of drug-likeness (QED) is 0.604. The van der Waals surface area contributed by atoms with Crippen molar-refractivity contribution in [3.8, 4) is 11.5 Å². The van der Waals surface area contributed by atoms with Gasteiger partial charge in [-0.1, -0.05) is 53.7 Å². The molecule has 1 amide bonds. The van der Waals surface area contributed by atoms with Gasteiger partial charge < -0.3 is 4.42 Å². The molecule has 0 spiro atoms. The summed E-state index contributed by atoms with van der Waals surface area (Å²) in [6.45, 7) is 0.587. The van der Waals surface area contributed by atoms with Crippen molar-refractivity contribution in [1.29, 1.82) is 0 Å². The van der Waals surface area contributed by atoms with Crippen LogP contribution in [0.15, 0.2) is 69.3 Å². The lowest BCUT2D eigenvalue weighted by atomic mass is 10.1. The van der Waals surface area contributed by atoms with Gasteiger partial charge in [0.2, 0.25) is 5.89 Å². The van der Waals surface area contributed by atoms with Crippen molar-refractivity contribution in [2.75, 3.05) is 12.3 Å². The van der Waals surface area contributed by atoms with Gasteiger partial charge >= 0.3 is 0 Å². The third-order valence-corrected chi connectivity index (χ3v) is 5.07. The third kappa shape index (κ3) is 4.20. The van der Waals surface area contributed by atoms with E-state index in [0.29, 0.717) is 22.7 Å². The highest BCUT2D eigenvalue weighted by atomic mass is 35.5. The van der Waals surface area contributed by atoms with E-state index in [1.165, 1.54) is 16.8 Å². The van der Waals surface area contributed by atoms with E-state index < -0.39 is 0 Å². The fourth-order valence-corrected chi connectivity index (χ4v) is 3.40. The molecule has 2 aromatic carbocycles. The summed E-state index contributed by atoms with van der Waals surface area (Å²) < 4.78 is 5.60. The average molecular weight is 399 g/mol. The standard InChI is InChI=1S/C19H15ClN4O2S/c20-15-8-6-14(7-9-15)18-21-22-19(26-18)27-12-17(25)24-11-10-16(23-24)13-4-2-1-3-5-13/h1-9H,10-12H2. The lowest BCUT2D eigenvalue weighted by Gasteiger charge is -2.09. The number of hydrogen-bond acceptors (Lipinski definition) is 6. The van der Waals surface area contributed by atoms with Crippen LogP contribution in [0.4, 0.5) is 0 Å². The minimum atomic E-state index is -0.0859. The number of rotatable bonds is 5. The molecule has 27 heavy (non-hydrogen) atoms. The van der Waals surface area contributed by atoms with Gasteiger partial charge in [0.1, 0.15) is 0 Å². The van der Waals surface area contributed by atoms with Gasteiger partial charge in [0.25, 0.3) is 11.1 Å². The molecule has 0 radical (unpaired) electrons. The zero-order chi connectivity index (χ0) is 18.6. The molecule has 4 rings (SSSR count). The van der Waals surface area contributed by atoms with Crippen molar-refractivity contribution in [3.05, 3.63) is 65.2 Å². The SMILES string of the molecule is O=C(CSc1nnc(-c2ccc(Cl)cc2)o1)N1CCC(c2ccccc2)=N1. The van der Waals surface area contributed by atoms with Crippen molar-refractivity contribution >= 4 is 35.0 Å². The molecule has 0 saturated carbocycles. The fourth-order valence-electron chi connectivity index (χ4n) is 2.65. The van der Waals surface area contributed by atoms with Crippen molar-refractivity contribution in [1.82, 2.24) is 15.2 Å². The molecule has 0 saturated heterocycles. The molecule has 3 aromatic rings. The van der Waals surface area contributed by atoms with Gasteiger partial charge in [-0.25, -0.2) is 5.01 Å². The Kier molecular flexibility index (Phi) is 5.22. The molecule has 0 N–H and O–H groups in total. The molecular formula is C19H15ClN4O2S. The van der Waals surface area contributed by atoms with Gasteiger partial charge in [0, 0.05) is 17.0 Å². The van der Waals surface area contributed by atoms with E-state index in [-0.39, 0.29) is 11.7 Å². The maximum absolute atomic E-state index is 12.4. The van der Waals surface area contributed by atoms with Crippen LogP contribution in [0.1, 0.15) is 12.0 Å². The molecule has 1 aromatic heterocycles. The summed E-state index contributed by atoms with van der Waals surface area (Å²) in [5.74, 6) is 0.498. The van der Waals surface area contributed by atoms with Crippen LogP contribution in [0.5, 0.6) is 0 Å². The summed E-state index contributed by atoms with van der Waals surface area (Å²) in [6, 6.07) is 17.0. The third-order valence-electron chi connectivity index (χ3n) is 4.01. The number of hydrogen-bond donors (Lipinski definition) is 0. The van der Waals surface area contributed by atoms with Crippen molar-refractivity contribution < 1.29 is 9.21 Å². The first kappa shape index (κ1) is 17.8. The van der Waals surface area contributed by atoms with Gasteiger partial charge in [0.05, 0.1) is 18.0 Å². The molecule has 2 heterocycles. The molecule has 8 heteroatoms. The molecule has 1 aliphatic heterocycles. The maximum Gasteiger partial charge on any atom is 0.277 e. The average Bonchev–Trinajstić information content (AvgIpc) is 3.37. The van der Waals surface area contributed by atoms with Gasteiger partial charge in [-0.3, -0.25) is 4.79 Å². The Morgan fingerprint density at radius 1 is 1.07 bits per heavy atom. The largest absolute Gasteiger partial charge is 0.411 e. The lowest BCUT2D eigenvalue weighted by Crippen LogP contribution is -2.25. The molecule has 1 aliphatic rings. The molecule has 0 fully saturated rings. The minimum absolute atomic E-state index is 0.0859. The number of halogens is 1. The van der Waals surface area contributed by atoms with E-state index in [4.69, 9.17) is 16.0 Å². The zero-order valence-corrected chi connectivity index (χ0v) is 15.8. The number of benzene rings is 2. The van der Waals surface area contributed by atoms with Crippen LogP contribution in [0.2, 0.25) is 5.02 Å². The second kappa shape index (κ2) is 7.94. The van der Waals surface area contributed by atoms with E-state index >= 15 is 0 Å². The summed E-state index contributed by atoms with van der Waals surface area (Å²) in [4.78, 5) is 12.4. The fraction of sp³-hybridized carbons (Fsp3) is 0.158. The molecule has 0 unspecified atom stereocenters. The second-order valence-corrected chi connectivity index (χ2v) is 7.21. The summed E-state index contributed by atoms with van der Waals surface area (Å²) in [6.07, 6.45) is 0.752. The van der Waals surface area contributed by atoms with E-state index in [1.807, 2.05) is 30.3 Å². The second-order valence-electron chi connectivity index (χ2n) is 5.85. The van der Waals surface area contributed by atoms with E-state index in [9.17, 15) is 4.79 Å². The van der Waals surface area contributed by atoms with Crippen molar-refractivity contribution in [3.63, 3.8) is 0 Å². The predicted octanol–water partition coefficient (Wildman–Crippen LogP) is 4.12. The van der Waals surface area contributed by atoms with Crippen LogP contribution in [0, 0.1) is 0 Å². The first-order chi connectivity index (χ1) is 13.2. The zero-order valence-electron chi connectivity index (χ0n) is 14.2. The van der Waals surface area contributed by atoms with Crippen LogP contribution < -0.4 is 0 Å². The van der Waals surface area contributed by atoms with Crippen molar-refractivity contribution in [2.24, 2.45) is 5.10 Å². The number of nitrogens with zero attached hydrogens (tertiary/aromatic N) is 4. The minimum Gasteiger partial charge on any atom is -0.411 e. The Labute approximate surface area is 165 Å². The van der Waals surface area contributed by atoms with Crippen LogP contribution in [-0.2, 0) is 4.79 Å². The lowest BCUT2D eigenvalue weighted by molar-refractivity contribution is -0.127. The smallest absolute Gasteiger partial charge is 0.277 e. The summed E-state index contributed by atoms with van der Waals surface area (Å²) in [7, 11) is 0. The van der Waals surface area contributed by atoms with Crippen molar-refractivity contribution in [2.45, 2.75) is 11.6 Å². The molecule has 0 atom stereocenters. The first-order valence-electron chi connectivity index (χ1n) is 8.34. The topological polar surface area (TPSA) is 71.6 Å². The number of thioether (sulfide) groups is 1. The van der Waals surface area contributed by atoms with Gasteiger partial charge in [0.15, 0.2) is 0 Å². The first-order valence-corrected chi connectivity index (χ1v) is 9.71. The molecule has 6 nitrogen and oxygen atoms in total. The normalized spacial score (nSPS) is 13.7.